The third-order valence-corrected chi connectivity index (χ3v) is 3.75. The van der Waals surface area contributed by atoms with Crippen LogP contribution in [0.15, 0.2) is 36.4 Å². The summed E-state index contributed by atoms with van der Waals surface area (Å²) in [5.74, 6) is 0.868. The van der Waals surface area contributed by atoms with Crippen LogP contribution in [0.2, 0.25) is 0 Å². The lowest BCUT2D eigenvalue weighted by Gasteiger charge is -2.18. The Labute approximate surface area is 107 Å². The number of rotatable bonds is 0. The summed E-state index contributed by atoms with van der Waals surface area (Å²) in [6.45, 7) is 0. The minimum atomic E-state index is 0.397. The first-order valence-electron chi connectivity index (χ1n) is 6.34. The maximum absolute atomic E-state index is 9.15. The van der Waals surface area contributed by atoms with Crippen molar-refractivity contribution in [1.29, 1.82) is 0 Å². The van der Waals surface area contributed by atoms with Gasteiger partial charge < -0.3 is 10.2 Å². The molecule has 92 valence electrons. The van der Waals surface area contributed by atoms with Crippen molar-refractivity contribution >= 4 is 0 Å². The second-order valence-electron chi connectivity index (χ2n) is 4.87. The Hall–Kier alpha value is -1.96. The molecule has 0 aromatic heterocycles. The van der Waals surface area contributed by atoms with Crippen LogP contribution in [0, 0.1) is 0 Å². The number of aromatic hydroxyl groups is 2. The first kappa shape index (κ1) is 11.1. The van der Waals surface area contributed by atoms with E-state index in [-0.39, 0.29) is 0 Å². The highest BCUT2D eigenvalue weighted by Gasteiger charge is 2.15. The SMILES string of the molecule is Oc1ccc2c(c1)CC2.Oc1cccc2c1CC2. The third kappa shape index (κ3) is 1.94. The lowest BCUT2D eigenvalue weighted by molar-refractivity contribution is 0.461. The fourth-order valence-corrected chi connectivity index (χ4v) is 2.41. The Balaban J connectivity index is 0.000000111. The lowest BCUT2D eigenvalue weighted by Crippen LogP contribution is -2.07. The molecule has 0 unspecified atom stereocenters. The van der Waals surface area contributed by atoms with E-state index in [0.29, 0.717) is 11.5 Å². The van der Waals surface area contributed by atoms with Gasteiger partial charge in [0.1, 0.15) is 11.5 Å². The summed E-state index contributed by atoms with van der Waals surface area (Å²) in [5.41, 5.74) is 5.18. The Bertz CT molecular complexity index is 573. The highest BCUT2D eigenvalue weighted by atomic mass is 16.3. The van der Waals surface area contributed by atoms with Crippen molar-refractivity contribution in [3.8, 4) is 11.5 Å². The van der Waals surface area contributed by atoms with Crippen molar-refractivity contribution in [3.63, 3.8) is 0 Å². The van der Waals surface area contributed by atoms with Gasteiger partial charge >= 0.3 is 0 Å². The van der Waals surface area contributed by atoms with E-state index in [1.807, 2.05) is 18.2 Å². The zero-order valence-electron chi connectivity index (χ0n) is 10.2. The van der Waals surface area contributed by atoms with Gasteiger partial charge in [0.2, 0.25) is 0 Å². The lowest BCUT2D eigenvalue weighted by atomic mass is 9.88. The topological polar surface area (TPSA) is 40.5 Å². The Morgan fingerprint density at radius 3 is 1.94 bits per heavy atom. The van der Waals surface area contributed by atoms with Crippen LogP contribution in [0.25, 0.3) is 0 Å². The van der Waals surface area contributed by atoms with E-state index in [1.165, 1.54) is 23.1 Å². The summed E-state index contributed by atoms with van der Waals surface area (Å²) in [6.07, 6.45) is 4.53. The largest absolute Gasteiger partial charge is 0.508 e. The van der Waals surface area contributed by atoms with Gasteiger partial charge in [0.15, 0.2) is 0 Å². The van der Waals surface area contributed by atoms with Gasteiger partial charge in [0.05, 0.1) is 0 Å². The molecule has 0 radical (unpaired) electrons. The van der Waals surface area contributed by atoms with Crippen molar-refractivity contribution in [1.82, 2.24) is 0 Å². The fraction of sp³-hybridized carbons (Fsp3) is 0.250. The molecule has 2 heteroatoms. The number of phenols is 2. The molecule has 0 amide bonds. The number of fused-ring (bicyclic) bond motifs is 2. The zero-order valence-corrected chi connectivity index (χ0v) is 10.2. The van der Waals surface area contributed by atoms with Gasteiger partial charge in [-0.25, -0.2) is 0 Å². The molecule has 0 bridgehead atoms. The molecule has 2 N–H and O–H groups in total. The van der Waals surface area contributed by atoms with Crippen molar-refractivity contribution in [2.45, 2.75) is 25.7 Å². The van der Waals surface area contributed by atoms with Gasteiger partial charge in [0.25, 0.3) is 0 Å². The second kappa shape index (κ2) is 4.37. The van der Waals surface area contributed by atoms with E-state index in [0.717, 1.165) is 24.8 Å². The van der Waals surface area contributed by atoms with Crippen LogP contribution in [0.5, 0.6) is 11.5 Å². The number of benzene rings is 2. The Morgan fingerprint density at radius 2 is 1.50 bits per heavy atom. The smallest absolute Gasteiger partial charge is 0.119 e. The first-order valence-corrected chi connectivity index (χ1v) is 6.34. The van der Waals surface area contributed by atoms with Crippen molar-refractivity contribution in [2.75, 3.05) is 0 Å². The van der Waals surface area contributed by atoms with Crippen LogP contribution < -0.4 is 0 Å². The number of hydrogen-bond donors (Lipinski definition) is 2. The minimum absolute atomic E-state index is 0.397. The molecule has 2 aliphatic carbocycles. The molecule has 0 heterocycles. The van der Waals surface area contributed by atoms with Crippen LogP contribution in [-0.4, -0.2) is 10.2 Å². The summed E-state index contributed by atoms with van der Waals surface area (Å²) in [4.78, 5) is 0. The Morgan fingerprint density at radius 1 is 0.722 bits per heavy atom. The molecule has 2 aromatic rings. The van der Waals surface area contributed by atoms with Gasteiger partial charge in [-0.3, -0.25) is 0 Å². The molecular weight excluding hydrogens is 224 g/mol. The zero-order chi connectivity index (χ0) is 12.5. The van der Waals surface area contributed by atoms with Crippen LogP contribution in [0.4, 0.5) is 0 Å². The third-order valence-electron chi connectivity index (χ3n) is 3.75. The predicted molar refractivity (Wildman–Crippen MR) is 71.0 cm³/mol. The number of hydrogen-bond acceptors (Lipinski definition) is 2. The van der Waals surface area contributed by atoms with E-state index in [4.69, 9.17) is 10.2 Å². The van der Waals surface area contributed by atoms with Gasteiger partial charge in [-0.15, -0.1) is 0 Å². The number of phenolic OH excluding ortho intramolecular Hbond substituents is 2. The molecule has 0 aliphatic heterocycles. The van der Waals surface area contributed by atoms with Gasteiger partial charge in [-0.1, -0.05) is 18.2 Å². The van der Waals surface area contributed by atoms with Crippen molar-refractivity contribution in [3.05, 3.63) is 58.7 Å². The van der Waals surface area contributed by atoms with Crippen molar-refractivity contribution in [2.24, 2.45) is 0 Å². The molecule has 0 fully saturated rings. The standard InChI is InChI=1S/2C8H8O/c9-8-4-3-6-1-2-7(6)5-8;9-8-3-1-2-6-4-5-7(6)8/h3-5,9H,1-2H2;1-3,9H,4-5H2. The number of aryl methyl sites for hydroxylation is 3. The van der Waals surface area contributed by atoms with Crippen LogP contribution in [0.1, 0.15) is 22.3 Å². The summed E-state index contributed by atoms with van der Waals surface area (Å²) in [7, 11) is 0. The second-order valence-corrected chi connectivity index (χ2v) is 4.87. The van der Waals surface area contributed by atoms with E-state index >= 15 is 0 Å². The summed E-state index contributed by atoms with van der Waals surface area (Å²) < 4.78 is 0. The molecular formula is C16H16O2. The highest BCUT2D eigenvalue weighted by molar-refractivity contribution is 5.45. The summed E-state index contributed by atoms with van der Waals surface area (Å²) >= 11 is 0. The summed E-state index contributed by atoms with van der Waals surface area (Å²) in [6, 6.07) is 11.3. The van der Waals surface area contributed by atoms with E-state index in [9.17, 15) is 0 Å². The molecule has 2 aromatic carbocycles. The fourth-order valence-electron chi connectivity index (χ4n) is 2.41. The van der Waals surface area contributed by atoms with E-state index in [1.54, 1.807) is 12.1 Å². The molecule has 0 saturated carbocycles. The minimum Gasteiger partial charge on any atom is -0.508 e. The van der Waals surface area contributed by atoms with Crippen LogP contribution in [-0.2, 0) is 25.7 Å². The molecule has 18 heavy (non-hydrogen) atoms. The van der Waals surface area contributed by atoms with E-state index in [2.05, 4.69) is 6.07 Å². The molecule has 2 aliphatic rings. The van der Waals surface area contributed by atoms with Gasteiger partial charge in [-0.2, -0.15) is 0 Å². The monoisotopic (exact) mass is 240 g/mol. The predicted octanol–water partition coefficient (Wildman–Crippen LogP) is 2.98. The maximum atomic E-state index is 9.15. The molecule has 4 rings (SSSR count). The van der Waals surface area contributed by atoms with Gasteiger partial charge in [0, 0.05) is 0 Å². The average molecular weight is 240 g/mol. The molecule has 0 saturated heterocycles. The average Bonchev–Trinajstić information content (AvgIpc) is 2.27. The molecule has 0 atom stereocenters. The molecule has 2 nitrogen and oxygen atoms in total. The van der Waals surface area contributed by atoms with E-state index < -0.39 is 0 Å². The first-order chi connectivity index (χ1) is 8.74. The van der Waals surface area contributed by atoms with Crippen LogP contribution >= 0.6 is 0 Å². The van der Waals surface area contributed by atoms with Crippen molar-refractivity contribution < 1.29 is 10.2 Å². The normalized spacial score (nSPS) is 14.2. The van der Waals surface area contributed by atoms with Gasteiger partial charge in [-0.05, 0) is 66.1 Å². The summed E-state index contributed by atoms with van der Waals surface area (Å²) in [5, 5.41) is 18.1. The van der Waals surface area contributed by atoms with Crippen LogP contribution in [0.3, 0.4) is 0 Å². The Kier molecular flexibility index (Phi) is 2.71. The molecule has 0 spiro atoms. The highest BCUT2D eigenvalue weighted by Crippen LogP contribution is 2.30. The maximum Gasteiger partial charge on any atom is 0.119 e. The quantitative estimate of drug-likeness (QED) is 0.743.